The van der Waals surface area contributed by atoms with Crippen molar-refractivity contribution in [2.24, 2.45) is 0 Å². The normalized spacial score (nSPS) is 21.4. The van der Waals surface area contributed by atoms with Crippen LogP contribution in [0.3, 0.4) is 0 Å². The van der Waals surface area contributed by atoms with Crippen molar-refractivity contribution in [3.63, 3.8) is 0 Å². The van der Waals surface area contributed by atoms with Gasteiger partial charge in [-0.2, -0.15) is 5.10 Å². The molecular formula is C13H21N5O3. The standard InChI is InChI=1S/C13H21N5O3/c1-7-12(14)8(2)18(16-7)5-10(19)4-17-6-11(20)15-13(21)9(17)3/h9-10,19H,4-6,14H2,1-3H3,(H,15,20,21). The first kappa shape index (κ1) is 15.5. The fourth-order valence-corrected chi connectivity index (χ4v) is 2.41. The molecule has 2 unspecified atom stereocenters. The van der Waals surface area contributed by atoms with Crippen LogP contribution in [0.2, 0.25) is 0 Å². The molecule has 1 aliphatic heterocycles. The number of aliphatic hydroxyl groups is 1. The fourth-order valence-electron chi connectivity index (χ4n) is 2.41. The molecule has 21 heavy (non-hydrogen) atoms. The Kier molecular flexibility index (Phi) is 4.29. The van der Waals surface area contributed by atoms with Gasteiger partial charge in [0, 0.05) is 6.54 Å². The molecule has 2 rings (SSSR count). The number of carbonyl (C=O) groups excluding carboxylic acids is 2. The molecule has 0 radical (unpaired) electrons. The predicted octanol–water partition coefficient (Wildman–Crippen LogP) is -1.21. The summed E-state index contributed by atoms with van der Waals surface area (Å²) in [5.41, 5.74) is 7.98. The Balaban J connectivity index is 2.00. The van der Waals surface area contributed by atoms with E-state index in [1.165, 1.54) is 0 Å². The number of nitrogens with two attached hydrogens (primary N) is 1. The van der Waals surface area contributed by atoms with Gasteiger partial charge in [0.1, 0.15) is 0 Å². The van der Waals surface area contributed by atoms with E-state index in [1.807, 2.05) is 6.92 Å². The topological polar surface area (TPSA) is 113 Å². The summed E-state index contributed by atoms with van der Waals surface area (Å²) in [4.78, 5) is 24.6. The third-order valence-electron chi connectivity index (χ3n) is 3.80. The molecule has 2 atom stereocenters. The van der Waals surface area contributed by atoms with Crippen LogP contribution < -0.4 is 11.1 Å². The van der Waals surface area contributed by atoms with E-state index in [0.29, 0.717) is 5.69 Å². The van der Waals surface area contributed by atoms with Crippen LogP contribution >= 0.6 is 0 Å². The van der Waals surface area contributed by atoms with Gasteiger partial charge in [0.25, 0.3) is 0 Å². The summed E-state index contributed by atoms with van der Waals surface area (Å²) in [5, 5.41) is 16.7. The lowest BCUT2D eigenvalue weighted by atomic mass is 10.1. The molecule has 0 bridgehead atoms. The van der Waals surface area contributed by atoms with Gasteiger partial charge >= 0.3 is 0 Å². The first-order valence-corrected chi connectivity index (χ1v) is 6.85. The van der Waals surface area contributed by atoms with Gasteiger partial charge in [0.15, 0.2) is 0 Å². The van der Waals surface area contributed by atoms with Crippen molar-refractivity contribution in [1.82, 2.24) is 20.0 Å². The number of β-amino-alcohol motifs (C(OH)–C–C–N with tert-alkyl or cyclic N) is 1. The van der Waals surface area contributed by atoms with Crippen LogP contribution in [0.5, 0.6) is 0 Å². The molecule has 2 heterocycles. The first-order chi connectivity index (χ1) is 9.79. The number of imide groups is 1. The number of carbonyl (C=O) groups is 2. The molecule has 2 amide bonds. The number of nitrogen functional groups attached to an aromatic ring is 1. The second-order valence-corrected chi connectivity index (χ2v) is 5.44. The number of rotatable bonds is 4. The molecule has 0 aromatic carbocycles. The van der Waals surface area contributed by atoms with Crippen LogP contribution in [-0.2, 0) is 16.1 Å². The molecule has 1 aromatic heterocycles. The number of anilines is 1. The van der Waals surface area contributed by atoms with E-state index in [0.717, 1.165) is 11.4 Å². The Hall–Kier alpha value is -1.93. The highest BCUT2D eigenvalue weighted by atomic mass is 16.3. The van der Waals surface area contributed by atoms with Crippen LogP contribution in [0.1, 0.15) is 18.3 Å². The minimum Gasteiger partial charge on any atom is -0.396 e. The Bertz CT molecular complexity index is 568. The van der Waals surface area contributed by atoms with Crippen LogP contribution in [0.25, 0.3) is 0 Å². The summed E-state index contributed by atoms with van der Waals surface area (Å²) in [7, 11) is 0. The molecule has 1 aliphatic rings. The summed E-state index contributed by atoms with van der Waals surface area (Å²) in [5.74, 6) is -0.686. The minimum atomic E-state index is -0.747. The molecule has 1 fully saturated rings. The highest BCUT2D eigenvalue weighted by molar-refractivity contribution is 6.00. The van der Waals surface area contributed by atoms with E-state index >= 15 is 0 Å². The molecule has 0 aliphatic carbocycles. The van der Waals surface area contributed by atoms with E-state index in [2.05, 4.69) is 10.4 Å². The molecule has 4 N–H and O–H groups in total. The quantitative estimate of drug-likeness (QED) is 0.601. The third-order valence-corrected chi connectivity index (χ3v) is 3.80. The van der Waals surface area contributed by atoms with E-state index < -0.39 is 12.1 Å². The lowest BCUT2D eigenvalue weighted by molar-refractivity contribution is -0.140. The number of nitrogens with zero attached hydrogens (tertiary/aromatic N) is 3. The maximum Gasteiger partial charge on any atom is 0.243 e. The second-order valence-electron chi connectivity index (χ2n) is 5.44. The number of nitrogens with one attached hydrogen (secondary N) is 1. The van der Waals surface area contributed by atoms with Crippen molar-refractivity contribution in [2.45, 2.75) is 39.5 Å². The molecule has 8 nitrogen and oxygen atoms in total. The zero-order chi connectivity index (χ0) is 15.7. The molecule has 1 saturated heterocycles. The summed E-state index contributed by atoms with van der Waals surface area (Å²) in [6.45, 7) is 5.93. The van der Waals surface area contributed by atoms with Crippen molar-refractivity contribution in [2.75, 3.05) is 18.8 Å². The Morgan fingerprint density at radius 1 is 1.43 bits per heavy atom. The number of aliphatic hydroxyl groups excluding tert-OH is 1. The van der Waals surface area contributed by atoms with E-state index in [-0.39, 0.29) is 31.4 Å². The van der Waals surface area contributed by atoms with Gasteiger partial charge in [0.2, 0.25) is 11.8 Å². The minimum absolute atomic E-state index is 0.100. The SMILES string of the molecule is Cc1nn(CC(O)CN2CC(=O)NC(=O)C2C)c(C)c1N. The fraction of sp³-hybridized carbons (Fsp3) is 0.615. The Morgan fingerprint density at radius 3 is 2.67 bits per heavy atom. The third kappa shape index (κ3) is 3.22. The van der Waals surface area contributed by atoms with Gasteiger partial charge in [-0.1, -0.05) is 0 Å². The molecule has 1 aromatic rings. The lowest BCUT2D eigenvalue weighted by Gasteiger charge is -2.32. The number of amides is 2. The van der Waals surface area contributed by atoms with Crippen molar-refractivity contribution < 1.29 is 14.7 Å². The van der Waals surface area contributed by atoms with Gasteiger partial charge in [-0.3, -0.25) is 24.5 Å². The van der Waals surface area contributed by atoms with Crippen molar-refractivity contribution in [1.29, 1.82) is 0 Å². The average molecular weight is 295 g/mol. The predicted molar refractivity (Wildman–Crippen MR) is 76.3 cm³/mol. The molecule has 0 saturated carbocycles. The molecule has 8 heteroatoms. The highest BCUT2D eigenvalue weighted by Gasteiger charge is 2.31. The summed E-state index contributed by atoms with van der Waals surface area (Å²) >= 11 is 0. The summed E-state index contributed by atoms with van der Waals surface area (Å²) in [6, 6.07) is -0.442. The van der Waals surface area contributed by atoms with Crippen molar-refractivity contribution >= 4 is 17.5 Å². The molecular weight excluding hydrogens is 274 g/mol. The van der Waals surface area contributed by atoms with Gasteiger partial charge < -0.3 is 10.8 Å². The van der Waals surface area contributed by atoms with Crippen LogP contribution in [0.4, 0.5) is 5.69 Å². The number of aryl methyl sites for hydroxylation is 1. The maximum absolute atomic E-state index is 11.6. The Labute approximate surface area is 122 Å². The van der Waals surface area contributed by atoms with Crippen molar-refractivity contribution in [3.8, 4) is 0 Å². The monoisotopic (exact) mass is 295 g/mol. The van der Waals surface area contributed by atoms with E-state index in [1.54, 1.807) is 23.4 Å². The van der Waals surface area contributed by atoms with Crippen molar-refractivity contribution in [3.05, 3.63) is 11.4 Å². The van der Waals surface area contributed by atoms with Gasteiger partial charge in [-0.15, -0.1) is 0 Å². The summed E-state index contributed by atoms with van der Waals surface area (Å²) in [6.07, 6.45) is -0.747. The van der Waals surface area contributed by atoms with Gasteiger partial charge in [-0.05, 0) is 20.8 Å². The highest BCUT2D eigenvalue weighted by Crippen LogP contribution is 2.15. The Morgan fingerprint density at radius 2 is 2.10 bits per heavy atom. The zero-order valence-corrected chi connectivity index (χ0v) is 12.5. The number of hydrogen-bond donors (Lipinski definition) is 3. The van der Waals surface area contributed by atoms with Crippen LogP contribution in [0, 0.1) is 13.8 Å². The molecule has 116 valence electrons. The molecule has 0 spiro atoms. The lowest BCUT2D eigenvalue weighted by Crippen LogP contribution is -2.58. The van der Waals surface area contributed by atoms with Crippen LogP contribution in [0.15, 0.2) is 0 Å². The van der Waals surface area contributed by atoms with E-state index in [4.69, 9.17) is 5.73 Å². The zero-order valence-electron chi connectivity index (χ0n) is 12.5. The number of hydrogen-bond acceptors (Lipinski definition) is 6. The average Bonchev–Trinajstić information content (AvgIpc) is 2.63. The second kappa shape index (κ2) is 5.82. The largest absolute Gasteiger partial charge is 0.396 e. The van der Waals surface area contributed by atoms with Gasteiger partial charge in [-0.25, -0.2) is 0 Å². The number of piperazine rings is 1. The van der Waals surface area contributed by atoms with E-state index in [9.17, 15) is 14.7 Å². The maximum atomic E-state index is 11.6. The first-order valence-electron chi connectivity index (χ1n) is 6.85. The van der Waals surface area contributed by atoms with Gasteiger partial charge in [0.05, 0.1) is 42.3 Å². The smallest absolute Gasteiger partial charge is 0.243 e. The van der Waals surface area contributed by atoms with Crippen LogP contribution in [-0.4, -0.2) is 56.8 Å². The summed E-state index contributed by atoms with van der Waals surface area (Å²) < 4.78 is 1.64. The number of aromatic nitrogens is 2.